The summed E-state index contributed by atoms with van der Waals surface area (Å²) in [4.78, 5) is 11.4. The Morgan fingerprint density at radius 1 is 1.59 bits per heavy atom. The van der Waals surface area contributed by atoms with Crippen molar-refractivity contribution in [2.45, 2.75) is 13.3 Å². The Morgan fingerprint density at radius 3 is 3.12 bits per heavy atom. The molecule has 0 aliphatic heterocycles. The van der Waals surface area contributed by atoms with Gasteiger partial charge in [0.1, 0.15) is 5.69 Å². The van der Waals surface area contributed by atoms with E-state index in [9.17, 15) is 4.79 Å². The molecule has 0 atom stereocenters. The maximum Gasteiger partial charge on any atom is 0.312 e. The summed E-state index contributed by atoms with van der Waals surface area (Å²) in [7, 11) is 0. The molecule has 17 heavy (non-hydrogen) atoms. The molecule has 0 saturated heterocycles. The van der Waals surface area contributed by atoms with Crippen molar-refractivity contribution < 1.29 is 14.1 Å². The molecule has 0 aliphatic rings. The van der Waals surface area contributed by atoms with Gasteiger partial charge >= 0.3 is 5.97 Å². The van der Waals surface area contributed by atoms with Gasteiger partial charge in [-0.05, 0) is 24.6 Å². The molecule has 2 aromatic rings. The second kappa shape index (κ2) is 4.82. The minimum Gasteiger partial charge on any atom is -0.466 e. The van der Waals surface area contributed by atoms with E-state index in [0.29, 0.717) is 17.9 Å². The van der Waals surface area contributed by atoms with Crippen LogP contribution in [0.1, 0.15) is 18.2 Å². The smallest absolute Gasteiger partial charge is 0.312 e. The highest BCUT2D eigenvalue weighted by Crippen LogP contribution is 2.21. The Balaban J connectivity index is 2.34. The Labute approximate surface area is 98.9 Å². The van der Waals surface area contributed by atoms with Gasteiger partial charge in [0.2, 0.25) is 0 Å². The van der Waals surface area contributed by atoms with Gasteiger partial charge in [0.15, 0.2) is 5.58 Å². The summed E-state index contributed by atoms with van der Waals surface area (Å²) in [5, 5.41) is 4.71. The first-order valence-electron chi connectivity index (χ1n) is 5.41. The van der Waals surface area contributed by atoms with E-state index in [1.54, 1.807) is 13.0 Å². The zero-order valence-electron chi connectivity index (χ0n) is 9.60. The molecule has 4 nitrogen and oxygen atoms in total. The first kappa shape index (κ1) is 11.4. The number of carbonyl (C=O) groups excluding carboxylic acids is 1. The van der Waals surface area contributed by atoms with Crippen LogP contribution in [0.5, 0.6) is 0 Å². The topological polar surface area (TPSA) is 52.3 Å². The molecule has 2 rings (SSSR count). The lowest BCUT2D eigenvalue weighted by atomic mass is 10.1. The van der Waals surface area contributed by atoms with Crippen LogP contribution in [0, 0.1) is 0 Å². The Kier molecular flexibility index (Phi) is 3.23. The van der Waals surface area contributed by atoms with Gasteiger partial charge in [0, 0.05) is 5.39 Å². The highest BCUT2D eigenvalue weighted by Gasteiger charge is 2.13. The summed E-state index contributed by atoms with van der Waals surface area (Å²) in [6.07, 6.45) is 1.86. The lowest BCUT2D eigenvalue weighted by Gasteiger charge is -1.99. The quantitative estimate of drug-likeness (QED) is 0.759. The van der Waals surface area contributed by atoms with Crippen LogP contribution in [-0.2, 0) is 16.0 Å². The third kappa shape index (κ3) is 2.36. The van der Waals surface area contributed by atoms with Gasteiger partial charge in [-0.15, -0.1) is 0 Å². The van der Waals surface area contributed by atoms with Gasteiger partial charge in [-0.2, -0.15) is 0 Å². The van der Waals surface area contributed by atoms with E-state index in [4.69, 9.17) is 9.26 Å². The van der Waals surface area contributed by atoms with Crippen molar-refractivity contribution in [3.63, 3.8) is 0 Å². The fourth-order valence-electron chi connectivity index (χ4n) is 1.61. The van der Waals surface area contributed by atoms with E-state index >= 15 is 0 Å². The first-order chi connectivity index (χ1) is 8.24. The second-order valence-electron chi connectivity index (χ2n) is 3.57. The molecular weight excluding hydrogens is 218 g/mol. The molecule has 4 heteroatoms. The second-order valence-corrected chi connectivity index (χ2v) is 3.57. The molecular formula is C13H13NO3. The number of ether oxygens (including phenoxy) is 1. The van der Waals surface area contributed by atoms with Crippen molar-refractivity contribution >= 4 is 23.0 Å². The van der Waals surface area contributed by atoms with Crippen molar-refractivity contribution in [1.82, 2.24) is 5.16 Å². The van der Waals surface area contributed by atoms with Crippen LogP contribution in [0.4, 0.5) is 0 Å². The number of carbonyl (C=O) groups is 1. The number of esters is 1. The lowest BCUT2D eigenvalue weighted by molar-refractivity contribution is -0.142. The predicted molar refractivity (Wildman–Crippen MR) is 64.4 cm³/mol. The number of aromatic nitrogens is 1. The van der Waals surface area contributed by atoms with E-state index in [2.05, 4.69) is 11.7 Å². The highest BCUT2D eigenvalue weighted by atomic mass is 16.5. The molecule has 0 fully saturated rings. The lowest BCUT2D eigenvalue weighted by Crippen LogP contribution is -2.07. The molecule has 0 radical (unpaired) electrons. The van der Waals surface area contributed by atoms with Gasteiger partial charge in [-0.3, -0.25) is 4.79 Å². The molecule has 0 unspecified atom stereocenters. The SMILES string of the molecule is C=Cc1ccc2onc(CC(=O)OCC)c2c1. The zero-order valence-corrected chi connectivity index (χ0v) is 9.60. The number of hydrogen-bond acceptors (Lipinski definition) is 4. The summed E-state index contributed by atoms with van der Waals surface area (Å²) >= 11 is 0. The molecule has 0 N–H and O–H groups in total. The van der Waals surface area contributed by atoms with Gasteiger partial charge < -0.3 is 9.26 Å². The maximum atomic E-state index is 11.4. The van der Waals surface area contributed by atoms with Crippen molar-refractivity contribution in [3.8, 4) is 0 Å². The van der Waals surface area contributed by atoms with Crippen molar-refractivity contribution in [2.75, 3.05) is 6.61 Å². The average Bonchev–Trinajstić information content (AvgIpc) is 2.72. The molecule has 1 aromatic heterocycles. The average molecular weight is 231 g/mol. The molecule has 0 spiro atoms. The van der Waals surface area contributed by atoms with Crippen molar-refractivity contribution in [1.29, 1.82) is 0 Å². The number of nitrogens with zero attached hydrogens (tertiary/aromatic N) is 1. The minimum atomic E-state index is -0.299. The fraction of sp³-hybridized carbons (Fsp3) is 0.231. The Bertz CT molecular complexity index is 557. The monoisotopic (exact) mass is 231 g/mol. The predicted octanol–water partition coefficient (Wildman–Crippen LogP) is 2.58. The summed E-state index contributed by atoms with van der Waals surface area (Å²) in [5.41, 5.74) is 2.22. The normalized spacial score (nSPS) is 10.4. The summed E-state index contributed by atoms with van der Waals surface area (Å²) < 4.78 is 10.0. The van der Waals surface area contributed by atoms with Crippen LogP contribution in [0.15, 0.2) is 29.3 Å². The van der Waals surface area contributed by atoms with E-state index in [0.717, 1.165) is 10.9 Å². The number of rotatable bonds is 4. The van der Waals surface area contributed by atoms with Crippen molar-refractivity contribution in [3.05, 3.63) is 36.0 Å². The van der Waals surface area contributed by atoms with Gasteiger partial charge in [-0.1, -0.05) is 23.9 Å². The Hall–Kier alpha value is -2.10. The van der Waals surface area contributed by atoms with Crippen LogP contribution < -0.4 is 0 Å². The maximum absolute atomic E-state index is 11.4. The van der Waals surface area contributed by atoms with Crippen LogP contribution >= 0.6 is 0 Å². The zero-order chi connectivity index (χ0) is 12.3. The largest absolute Gasteiger partial charge is 0.466 e. The van der Waals surface area contributed by atoms with Gasteiger partial charge in [-0.25, -0.2) is 0 Å². The first-order valence-corrected chi connectivity index (χ1v) is 5.41. The van der Waals surface area contributed by atoms with Gasteiger partial charge in [0.25, 0.3) is 0 Å². The third-order valence-corrected chi connectivity index (χ3v) is 2.42. The van der Waals surface area contributed by atoms with Crippen molar-refractivity contribution in [2.24, 2.45) is 0 Å². The van der Waals surface area contributed by atoms with E-state index in [-0.39, 0.29) is 12.4 Å². The fourth-order valence-corrected chi connectivity index (χ4v) is 1.61. The number of benzene rings is 1. The van der Waals surface area contributed by atoms with Gasteiger partial charge in [0.05, 0.1) is 13.0 Å². The molecule has 0 aliphatic carbocycles. The molecule has 1 aromatic carbocycles. The molecule has 0 saturated carbocycles. The van der Waals surface area contributed by atoms with E-state index in [1.807, 2.05) is 18.2 Å². The molecule has 0 bridgehead atoms. The number of hydrogen-bond donors (Lipinski definition) is 0. The molecule has 0 amide bonds. The highest BCUT2D eigenvalue weighted by molar-refractivity contribution is 5.85. The molecule has 88 valence electrons. The van der Waals surface area contributed by atoms with E-state index < -0.39 is 0 Å². The minimum absolute atomic E-state index is 0.126. The summed E-state index contributed by atoms with van der Waals surface area (Å²) in [5.74, 6) is -0.299. The standard InChI is InChI=1S/C13H13NO3/c1-3-9-5-6-12-10(7-9)11(14-17-12)8-13(15)16-4-2/h3,5-7H,1,4,8H2,2H3. The summed E-state index contributed by atoms with van der Waals surface area (Å²) in [6, 6.07) is 5.59. The van der Waals surface area contributed by atoms with Crippen LogP contribution in [0.3, 0.4) is 0 Å². The number of fused-ring (bicyclic) bond motifs is 1. The third-order valence-electron chi connectivity index (χ3n) is 2.42. The summed E-state index contributed by atoms with van der Waals surface area (Å²) in [6.45, 7) is 5.84. The molecule has 1 heterocycles. The Morgan fingerprint density at radius 2 is 2.41 bits per heavy atom. The van der Waals surface area contributed by atoms with Crippen LogP contribution in [0.2, 0.25) is 0 Å². The van der Waals surface area contributed by atoms with Crippen LogP contribution in [0.25, 0.3) is 17.0 Å². The van der Waals surface area contributed by atoms with E-state index in [1.165, 1.54) is 0 Å². The van der Waals surface area contributed by atoms with Crippen LogP contribution in [-0.4, -0.2) is 17.7 Å².